The van der Waals surface area contributed by atoms with E-state index in [9.17, 15) is 47.9 Å². The number of nitrogens with one attached hydrogen (secondary N) is 2. The van der Waals surface area contributed by atoms with E-state index < -0.39 is 53.3 Å². The largest absolute Gasteiger partial charge is 0.468 e. The second-order valence-electron chi connectivity index (χ2n) is 25.1. The first-order valence-electron chi connectivity index (χ1n) is 34.6. The van der Waals surface area contributed by atoms with Crippen molar-refractivity contribution in [3.05, 3.63) is 108 Å². The van der Waals surface area contributed by atoms with Crippen LogP contribution in [0.3, 0.4) is 0 Å². The third kappa shape index (κ3) is 47.4. The van der Waals surface area contributed by atoms with E-state index in [4.69, 9.17) is 47.9 Å². The Hall–Kier alpha value is -7.13. The van der Waals surface area contributed by atoms with Crippen LogP contribution in [0.5, 0.6) is 0 Å². The molecule has 0 heterocycles. The summed E-state index contributed by atoms with van der Waals surface area (Å²) in [5, 5.41) is 6.19. The summed E-state index contributed by atoms with van der Waals surface area (Å²) in [5.41, 5.74) is 7.16. The van der Waals surface area contributed by atoms with Gasteiger partial charge in [-0.25, -0.2) is 24.0 Å². The van der Waals surface area contributed by atoms with Gasteiger partial charge in [-0.2, -0.15) is 0 Å². The first-order valence-corrected chi connectivity index (χ1v) is 36.1. The van der Waals surface area contributed by atoms with Crippen molar-refractivity contribution in [1.29, 1.82) is 0 Å². The monoisotopic (exact) mass is 1530 g/mol. The Labute approximate surface area is 636 Å². The molecule has 0 aliphatic rings. The number of hydrogen-bond acceptors (Lipinski definition) is 23. The number of rotatable bonds is 30. The molecule has 3 aromatic carbocycles. The van der Waals surface area contributed by atoms with E-state index in [2.05, 4.69) is 97.6 Å². The van der Waals surface area contributed by atoms with Crippen molar-refractivity contribution < 1.29 is 90.6 Å². The van der Waals surface area contributed by atoms with Crippen LogP contribution in [0.4, 0.5) is 14.4 Å². The maximum absolute atomic E-state index is 11.9. The number of ether oxygens (including phenoxy) is 9. The number of aldehydes is 1. The minimum Gasteiger partial charge on any atom is -0.468 e. The summed E-state index contributed by atoms with van der Waals surface area (Å²) in [5.74, 6) is -0.636. The van der Waals surface area contributed by atoms with Crippen LogP contribution in [-0.4, -0.2) is 199 Å². The Kier molecular flexibility index (Phi) is 64.1. The number of carbonyl (C=O) groups excluding carboxylic acids is 10. The average Bonchev–Trinajstić information content (AvgIpc) is 0.865. The van der Waals surface area contributed by atoms with Gasteiger partial charge in [0.2, 0.25) is 0 Å². The molecule has 0 bridgehead atoms. The molecule has 104 heavy (non-hydrogen) atoms. The normalized spacial score (nSPS) is 13.7. The summed E-state index contributed by atoms with van der Waals surface area (Å²) in [6.07, 6.45) is 4.98. The van der Waals surface area contributed by atoms with Crippen molar-refractivity contribution in [2.24, 2.45) is 41.2 Å². The number of esters is 6. The van der Waals surface area contributed by atoms with E-state index in [0.717, 1.165) is 56.9 Å². The quantitative estimate of drug-likeness (QED) is 0.0184. The fraction of sp³-hybridized carbons (Fsp3) is 0.632. The van der Waals surface area contributed by atoms with Crippen molar-refractivity contribution in [3.63, 3.8) is 0 Å². The number of amides is 2. The predicted molar refractivity (Wildman–Crippen MR) is 410 cm³/mol. The summed E-state index contributed by atoms with van der Waals surface area (Å²) in [6.45, 7) is 30.8. The Balaban J connectivity index is -0.000000366. The van der Waals surface area contributed by atoms with Gasteiger partial charge in [-0.3, -0.25) is 38.7 Å². The fourth-order valence-corrected chi connectivity index (χ4v) is 9.30. The lowest BCUT2D eigenvalue weighted by molar-refractivity contribution is -0.149. The van der Waals surface area contributed by atoms with Gasteiger partial charge in [0.15, 0.2) is 12.1 Å². The molecular formula is C76H127Cl3N6O19. The highest BCUT2D eigenvalue weighted by molar-refractivity contribution is 6.61. The topological polar surface area (TPSA) is 314 Å². The standard InChI is InChI=1S/C15H23NO2.C14H21NO2.C13H25NO4.C10H18ClNO4.C8H17NO2.C7H15NO2.C7H6O.C2H2Cl2O2/c1-5-12(2)14(15(17)18-4)16(3)11-13-9-7-6-8-10-13;1-4-11(2)13(14(16)17-3)15-10-12-8-6-5-7-9-12;1-8-9(2)10(11(15)17-7)14(6)12(16)18-13(3,4)5;1-5-7(2)8(9(13)15-4)12(3)10(14)16-6-11;1-5-6(2)7(9-3)8(10)11-4;1-4-5(2)6(8)7(9)10-3;8-6-7-4-2-1-3-5-7;3-1-6-2(4)5/h6-10,12,14H,5,11H2,1-4H3;5-9,11,13,15H,4,10H2,1-3H3;9-10H,8H2,1-7H3;7-8H,5-6H2,1-4H3;6-7,9H,5H2,1-4H3;5-6H,4,8H2,1-3H3;1-6H;1H2. The fourth-order valence-electron chi connectivity index (χ4n) is 9.00. The summed E-state index contributed by atoms with van der Waals surface area (Å²) in [4.78, 5) is 116. The second kappa shape index (κ2) is 63.2. The second-order valence-corrected chi connectivity index (χ2v) is 25.8. The number of carbonyl (C=O) groups is 10. The van der Waals surface area contributed by atoms with Gasteiger partial charge < -0.3 is 59.0 Å². The molecule has 3 aromatic rings. The summed E-state index contributed by atoms with van der Waals surface area (Å²) in [7, 11) is 15.0. The van der Waals surface area contributed by atoms with Gasteiger partial charge in [-0.1, -0.05) is 236 Å². The molecule has 12 atom stereocenters. The third-order valence-corrected chi connectivity index (χ3v) is 16.8. The molecular weight excluding hydrogens is 1410 g/mol. The van der Waals surface area contributed by atoms with Crippen molar-refractivity contribution in [3.8, 4) is 0 Å². The smallest absolute Gasteiger partial charge is 0.411 e. The number of methoxy groups -OCH3 is 6. The molecule has 0 aromatic heterocycles. The number of likely N-dealkylation sites (N-methyl/N-ethyl adjacent to an activating group) is 4. The molecule has 4 N–H and O–H groups in total. The van der Waals surface area contributed by atoms with Crippen LogP contribution in [0.2, 0.25) is 0 Å². The average molecular weight is 1540 g/mol. The van der Waals surface area contributed by atoms with E-state index in [1.54, 1.807) is 47.0 Å². The Morgan fingerprint density at radius 2 is 0.808 bits per heavy atom. The van der Waals surface area contributed by atoms with Crippen LogP contribution < -0.4 is 16.4 Å². The zero-order valence-corrected chi connectivity index (χ0v) is 68.8. The molecule has 0 aliphatic heterocycles. The predicted octanol–water partition coefficient (Wildman–Crippen LogP) is 13.7. The van der Waals surface area contributed by atoms with E-state index in [0.29, 0.717) is 12.5 Å². The Morgan fingerprint density at radius 3 is 1.12 bits per heavy atom. The zero-order valence-electron chi connectivity index (χ0n) is 66.5. The van der Waals surface area contributed by atoms with Crippen LogP contribution in [0, 0.1) is 35.5 Å². The highest BCUT2D eigenvalue weighted by atomic mass is 35.5. The van der Waals surface area contributed by atoms with Crippen LogP contribution >= 0.6 is 34.8 Å². The van der Waals surface area contributed by atoms with Gasteiger partial charge in [0.25, 0.3) is 0 Å². The lowest BCUT2D eigenvalue weighted by atomic mass is 9.97. The maximum atomic E-state index is 11.9. The van der Waals surface area contributed by atoms with Crippen LogP contribution in [0.15, 0.2) is 91.0 Å². The van der Waals surface area contributed by atoms with E-state index in [-0.39, 0.29) is 83.7 Å². The zero-order chi connectivity index (χ0) is 81.3. The van der Waals surface area contributed by atoms with Gasteiger partial charge in [0.05, 0.1) is 42.7 Å². The van der Waals surface area contributed by atoms with Gasteiger partial charge in [-0.05, 0) is 81.5 Å². The van der Waals surface area contributed by atoms with Crippen LogP contribution in [0.1, 0.15) is 164 Å². The number of benzene rings is 3. The Bertz CT molecular complexity index is 2780. The molecule has 25 nitrogen and oxygen atoms in total. The molecule has 0 saturated carbocycles. The van der Waals surface area contributed by atoms with Crippen molar-refractivity contribution in [2.45, 2.75) is 197 Å². The molecule has 3 rings (SSSR count). The van der Waals surface area contributed by atoms with Crippen molar-refractivity contribution in [2.75, 3.05) is 83.0 Å². The number of nitrogens with zero attached hydrogens (tertiary/aromatic N) is 3. The third-order valence-electron chi connectivity index (χ3n) is 16.5. The minimum absolute atomic E-state index is 0.00923. The Morgan fingerprint density at radius 1 is 0.471 bits per heavy atom. The molecule has 28 heteroatoms. The molecule has 0 fully saturated rings. The van der Waals surface area contributed by atoms with Gasteiger partial charge >= 0.3 is 53.4 Å². The minimum atomic E-state index is -0.870. The first kappa shape index (κ1) is 105. The molecule has 0 aliphatic carbocycles. The molecule has 0 saturated heterocycles. The summed E-state index contributed by atoms with van der Waals surface area (Å²) >= 11 is 14.8. The highest BCUT2D eigenvalue weighted by Gasteiger charge is 2.36. The van der Waals surface area contributed by atoms with Crippen molar-refractivity contribution in [1.82, 2.24) is 25.3 Å². The van der Waals surface area contributed by atoms with Crippen LogP contribution in [-0.2, 0) is 84.5 Å². The summed E-state index contributed by atoms with van der Waals surface area (Å²) < 4.78 is 42.0. The lowest BCUT2D eigenvalue weighted by Gasteiger charge is -2.32. The molecule has 0 spiro atoms. The molecule has 2 amide bonds. The van der Waals surface area contributed by atoms with Gasteiger partial charge in [-0.15, -0.1) is 0 Å². The van der Waals surface area contributed by atoms with Gasteiger partial charge in [0.1, 0.15) is 48.1 Å². The number of nitrogens with two attached hydrogens (primary N) is 1. The molecule has 596 valence electrons. The summed E-state index contributed by atoms with van der Waals surface area (Å²) in [6, 6.07) is 26.6. The lowest BCUT2D eigenvalue weighted by Crippen LogP contribution is -2.48. The number of halogens is 3. The first-order chi connectivity index (χ1) is 48.9. The van der Waals surface area contributed by atoms with Crippen molar-refractivity contribution >= 4 is 94.5 Å². The maximum Gasteiger partial charge on any atom is 0.411 e. The highest BCUT2D eigenvalue weighted by Crippen LogP contribution is 2.21. The van der Waals surface area contributed by atoms with E-state index in [1.807, 2.05) is 122 Å². The van der Waals surface area contributed by atoms with E-state index in [1.165, 1.54) is 70.6 Å². The number of alkyl halides is 2. The van der Waals surface area contributed by atoms with E-state index >= 15 is 0 Å². The van der Waals surface area contributed by atoms with Crippen LogP contribution in [0.25, 0.3) is 0 Å². The molecule has 0 radical (unpaired) electrons. The molecule has 12 unspecified atom stereocenters. The van der Waals surface area contributed by atoms with Gasteiger partial charge in [0, 0.05) is 44.3 Å². The SMILES string of the molecule is CCC(C)C(C(=O)OC)N(C)C(=O)OC(C)(C)C.CCC(C)C(C(=O)OC)N(C)C(=O)OCCl.CCC(C)C(C(=O)OC)N(C)Cc1ccccc1.CCC(C)C(N)C(=O)OC.CCC(C)C(NC)C(=O)OC.CCC(C)C(NCc1ccccc1)C(=O)OC.O=C(Cl)OCCl.O=Cc1ccccc1. The number of hydrogen-bond donors (Lipinski definition) is 3.